The van der Waals surface area contributed by atoms with Gasteiger partial charge in [0.1, 0.15) is 0 Å². The molecule has 5 heteroatoms. The first-order chi connectivity index (χ1) is 9.55. The Labute approximate surface area is 126 Å². The van der Waals surface area contributed by atoms with Crippen LogP contribution in [0.15, 0.2) is 0 Å². The van der Waals surface area contributed by atoms with E-state index in [4.69, 9.17) is 5.73 Å². The molecule has 0 heterocycles. The maximum atomic E-state index is 13.1. The Morgan fingerprint density at radius 1 is 1.14 bits per heavy atom. The monoisotopic (exact) mass is 302 g/mol. The molecule has 122 valence electrons. The zero-order chi connectivity index (χ0) is 15.9. The molecule has 0 aromatic carbocycles. The molecule has 0 spiro atoms. The first kappa shape index (κ1) is 16.7. The summed E-state index contributed by atoms with van der Waals surface area (Å²) in [5.41, 5.74) is 6.09. The molecule has 0 aromatic rings. The van der Waals surface area contributed by atoms with E-state index in [1.54, 1.807) is 0 Å². The number of hydrogen-bond donors (Lipinski definition) is 2. The van der Waals surface area contributed by atoms with Crippen LogP contribution in [0.3, 0.4) is 0 Å². The van der Waals surface area contributed by atoms with Gasteiger partial charge in [-0.2, -0.15) is 0 Å². The van der Waals surface area contributed by atoms with Crippen LogP contribution in [0.5, 0.6) is 0 Å². The molecule has 2 rings (SSSR count). The highest BCUT2D eigenvalue weighted by Crippen LogP contribution is 2.48. The van der Waals surface area contributed by atoms with E-state index >= 15 is 0 Å². The molecule has 0 bridgehead atoms. The molecule has 3 nitrogen and oxygen atoms in total. The summed E-state index contributed by atoms with van der Waals surface area (Å²) in [4.78, 5) is 12.2. The maximum Gasteiger partial charge on any atom is 0.248 e. The van der Waals surface area contributed by atoms with Gasteiger partial charge in [0.15, 0.2) is 0 Å². The number of amides is 1. The predicted molar refractivity (Wildman–Crippen MR) is 79.0 cm³/mol. The molecular formula is C16H28F2N2O. The summed E-state index contributed by atoms with van der Waals surface area (Å²) in [5.74, 6) is -2.54. The van der Waals surface area contributed by atoms with Crippen LogP contribution in [-0.2, 0) is 4.79 Å². The number of carbonyl (C=O) groups is 1. The summed E-state index contributed by atoms with van der Waals surface area (Å²) < 4.78 is 26.2. The van der Waals surface area contributed by atoms with Crippen LogP contribution >= 0.6 is 0 Å². The SMILES string of the molecule is CC1(C)[C@@H](CNC(=O)C2CCC(F)(F)CC2)CC[C@@]1(C)N. The van der Waals surface area contributed by atoms with Gasteiger partial charge in [0.05, 0.1) is 0 Å². The zero-order valence-electron chi connectivity index (χ0n) is 13.3. The fourth-order valence-corrected chi connectivity index (χ4v) is 3.65. The Hall–Kier alpha value is -0.710. The van der Waals surface area contributed by atoms with Gasteiger partial charge < -0.3 is 11.1 Å². The minimum atomic E-state index is -2.58. The number of halogens is 2. The first-order valence-electron chi connectivity index (χ1n) is 8.00. The minimum Gasteiger partial charge on any atom is -0.356 e. The minimum absolute atomic E-state index is 0.0279. The molecule has 0 aromatic heterocycles. The molecule has 0 aliphatic heterocycles. The van der Waals surface area contributed by atoms with Crippen molar-refractivity contribution < 1.29 is 13.6 Å². The molecule has 2 aliphatic rings. The molecular weight excluding hydrogens is 274 g/mol. The smallest absolute Gasteiger partial charge is 0.248 e. The number of carbonyl (C=O) groups excluding carboxylic acids is 1. The summed E-state index contributed by atoms with van der Waals surface area (Å²) in [6, 6.07) is 0. The molecule has 0 radical (unpaired) electrons. The molecule has 0 saturated heterocycles. The van der Waals surface area contributed by atoms with E-state index in [0.29, 0.717) is 25.3 Å². The van der Waals surface area contributed by atoms with Crippen LogP contribution in [-0.4, -0.2) is 23.9 Å². The van der Waals surface area contributed by atoms with Crippen molar-refractivity contribution in [2.45, 2.75) is 70.8 Å². The second kappa shape index (κ2) is 5.49. The van der Waals surface area contributed by atoms with Crippen molar-refractivity contribution >= 4 is 5.91 Å². The predicted octanol–water partition coefficient (Wildman–Crippen LogP) is 3.08. The van der Waals surface area contributed by atoms with Crippen LogP contribution in [0, 0.1) is 17.3 Å². The lowest BCUT2D eigenvalue weighted by atomic mass is 9.72. The average Bonchev–Trinajstić information content (AvgIpc) is 2.57. The van der Waals surface area contributed by atoms with Gasteiger partial charge in [0.2, 0.25) is 11.8 Å². The lowest BCUT2D eigenvalue weighted by Crippen LogP contribution is -2.50. The number of nitrogens with one attached hydrogen (secondary N) is 1. The van der Waals surface area contributed by atoms with Crippen molar-refractivity contribution in [3.05, 3.63) is 0 Å². The highest BCUT2D eigenvalue weighted by atomic mass is 19.3. The van der Waals surface area contributed by atoms with Gasteiger partial charge >= 0.3 is 0 Å². The highest BCUT2D eigenvalue weighted by Gasteiger charge is 2.49. The van der Waals surface area contributed by atoms with Gasteiger partial charge in [0, 0.05) is 30.8 Å². The molecule has 2 fully saturated rings. The van der Waals surface area contributed by atoms with Crippen molar-refractivity contribution in [2.24, 2.45) is 23.0 Å². The summed E-state index contributed by atoms with van der Waals surface area (Å²) in [5, 5.41) is 2.98. The molecule has 2 aliphatic carbocycles. The van der Waals surface area contributed by atoms with Crippen molar-refractivity contribution in [3.63, 3.8) is 0 Å². The Balaban J connectivity index is 1.83. The fourth-order valence-electron chi connectivity index (χ4n) is 3.65. The number of nitrogens with two attached hydrogens (primary N) is 1. The van der Waals surface area contributed by atoms with E-state index < -0.39 is 5.92 Å². The van der Waals surface area contributed by atoms with Crippen molar-refractivity contribution in [3.8, 4) is 0 Å². The van der Waals surface area contributed by atoms with E-state index in [1.807, 2.05) is 0 Å². The van der Waals surface area contributed by atoms with Crippen molar-refractivity contribution in [1.29, 1.82) is 0 Å². The summed E-state index contributed by atoms with van der Waals surface area (Å²) in [6.45, 7) is 6.97. The van der Waals surface area contributed by atoms with Crippen molar-refractivity contribution in [1.82, 2.24) is 5.32 Å². The second-order valence-electron chi connectivity index (χ2n) is 7.75. The average molecular weight is 302 g/mol. The van der Waals surface area contributed by atoms with Crippen LogP contribution in [0.4, 0.5) is 8.78 Å². The van der Waals surface area contributed by atoms with E-state index in [9.17, 15) is 13.6 Å². The molecule has 21 heavy (non-hydrogen) atoms. The van der Waals surface area contributed by atoms with Gasteiger partial charge in [0.25, 0.3) is 0 Å². The second-order valence-corrected chi connectivity index (χ2v) is 7.75. The number of rotatable bonds is 3. The lowest BCUT2D eigenvalue weighted by Gasteiger charge is -2.39. The third-order valence-electron chi connectivity index (χ3n) is 6.12. The van der Waals surface area contributed by atoms with E-state index in [-0.39, 0.29) is 35.6 Å². The number of hydrogen-bond acceptors (Lipinski definition) is 2. The standard InChI is InChI=1S/C16H28F2N2O/c1-14(2)12(6-7-15(14,3)19)10-20-13(21)11-4-8-16(17,18)9-5-11/h11-12H,4-10,19H2,1-3H3,(H,20,21)/t12-,15-/m1/s1. The van der Waals surface area contributed by atoms with Gasteiger partial charge in [-0.15, -0.1) is 0 Å². The summed E-state index contributed by atoms with van der Waals surface area (Å²) >= 11 is 0. The third-order valence-corrected chi connectivity index (χ3v) is 6.12. The zero-order valence-corrected chi connectivity index (χ0v) is 13.3. The van der Waals surface area contributed by atoms with Crippen LogP contribution in [0.1, 0.15) is 59.3 Å². The largest absolute Gasteiger partial charge is 0.356 e. The normalized spacial score (nSPS) is 35.6. The summed E-state index contributed by atoms with van der Waals surface area (Å²) in [6.07, 6.45) is 2.21. The van der Waals surface area contributed by atoms with Crippen LogP contribution in [0.25, 0.3) is 0 Å². The van der Waals surface area contributed by atoms with Crippen LogP contribution < -0.4 is 11.1 Å². The Morgan fingerprint density at radius 2 is 1.71 bits per heavy atom. The Morgan fingerprint density at radius 3 is 2.19 bits per heavy atom. The summed E-state index contributed by atoms with van der Waals surface area (Å²) in [7, 11) is 0. The quantitative estimate of drug-likeness (QED) is 0.842. The molecule has 2 saturated carbocycles. The van der Waals surface area contributed by atoms with E-state index in [1.165, 1.54) is 0 Å². The fraction of sp³-hybridized carbons (Fsp3) is 0.938. The highest BCUT2D eigenvalue weighted by molar-refractivity contribution is 5.78. The molecule has 2 atom stereocenters. The topological polar surface area (TPSA) is 55.1 Å². The Bertz CT molecular complexity index is 397. The maximum absolute atomic E-state index is 13.1. The molecule has 1 amide bonds. The third kappa shape index (κ3) is 3.38. The Kier molecular flexibility index (Phi) is 4.35. The molecule has 3 N–H and O–H groups in total. The van der Waals surface area contributed by atoms with Crippen molar-refractivity contribution in [2.75, 3.05) is 6.54 Å². The van der Waals surface area contributed by atoms with E-state index in [0.717, 1.165) is 12.8 Å². The van der Waals surface area contributed by atoms with Crippen LogP contribution in [0.2, 0.25) is 0 Å². The lowest BCUT2D eigenvalue weighted by molar-refractivity contribution is -0.129. The van der Waals surface area contributed by atoms with Gasteiger partial charge in [-0.3, -0.25) is 4.79 Å². The number of alkyl halides is 2. The van der Waals surface area contributed by atoms with Gasteiger partial charge in [-0.1, -0.05) is 13.8 Å². The first-order valence-corrected chi connectivity index (χ1v) is 8.00. The van der Waals surface area contributed by atoms with Gasteiger partial charge in [-0.05, 0) is 43.9 Å². The van der Waals surface area contributed by atoms with E-state index in [2.05, 4.69) is 26.1 Å². The molecule has 0 unspecified atom stereocenters. The van der Waals surface area contributed by atoms with Gasteiger partial charge in [-0.25, -0.2) is 8.78 Å².